The summed E-state index contributed by atoms with van der Waals surface area (Å²) in [6, 6.07) is 11.9. The van der Waals surface area contributed by atoms with Gasteiger partial charge in [0.05, 0.1) is 29.1 Å². The normalized spacial score (nSPS) is 15.5. The number of sulfonamides is 1. The Hall–Kier alpha value is -2.83. The number of alkyl halides is 3. The van der Waals surface area contributed by atoms with Gasteiger partial charge in [0.2, 0.25) is 15.9 Å². The molecule has 3 aromatic rings. The third-order valence-electron chi connectivity index (χ3n) is 6.65. The van der Waals surface area contributed by atoms with Crippen LogP contribution in [0, 0.1) is 0 Å². The van der Waals surface area contributed by atoms with E-state index in [4.69, 9.17) is 27.9 Å². The van der Waals surface area contributed by atoms with Crippen LogP contribution in [-0.4, -0.2) is 27.5 Å². The van der Waals surface area contributed by atoms with Crippen molar-refractivity contribution in [2.45, 2.75) is 63.3 Å². The minimum absolute atomic E-state index is 0. The molecular formula is C30H34Cl2F3N3O4S. The lowest BCUT2D eigenvalue weighted by Gasteiger charge is -2.28. The van der Waals surface area contributed by atoms with Crippen molar-refractivity contribution in [2.75, 3.05) is 13.2 Å². The Morgan fingerprint density at radius 3 is 2.47 bits per heavy atom. The molecule has 3 N–H and O–H groups in total. The maximum atomic E-state index is 13.3. The maximum absolute atomic E-state index is 13.3. The van der Waals surface area contributed by atoms with Gasteiger partial charge in [-0.25, -0.2) is 13.1 Å². The Balaban J connectivity index is 0.00000506. The van der Waals surface area contributed by atoms with Crippen molar-refractivity contribution in [3.8, 4) is 5.75 Å². The number of amides is 1. The summed E-state index contributed by atoms with van der Waals surface area (Å²) >= 11 is 12.3. The van der Waals surface area contributed by atoms with Crippen LogP contribution in [0.5, 0.6) is 5.75 Å². The maximum Gasteiger partial charge on any atom is 0.416 e. The number of ether oxygens (including phenoxy) is 1. The fraction of sp³-hybridized carbons (Fsp3) is 0.367. The van der Waals surface area contributed by atoms with Gasteiger partial charge in [0, 0.05) is 35.0 Å². The summed E-state index contributed by atoms with van der Waals surface area (Å²) in [5.74, 6) is 0.167. The topological polar surface area (TPSA) is 96.5 Å². The molecule has 2 atom stereocenters. The van der Waals surface area contributed by atoms with E-state index in [1.165, 1.54) is 18.2 Å². The molecule has 0 saturated carbocycles. The van der Waals surface area contributed by atoms with E-state index in [1.807, 2.05) is 18.2 Å². The molecule has 1 heterocycles. The lowest BCUT2D eigenvalue weighted by Crippen LogP contribution is -2.36. The molecule has 0 spiro atoms. The van der Waals surface area contributed by atoms with Crippen molar-refractivity contribution in [3.63, 3.8) is 0 Å². The van der Waals surface area contributed by atoms with E-state index < -0.39 is 38.6 Å². The van der Waals surface area contributed by atoms with Crippen molar-refractivity contribution < 1.29 is 31.1 Å². The number of carbonyl (C=O) groups excluding carboxylic acids is 1. The summed E-state index contributed by atoms with van der Waals surface area (Å²) in [6.07, 6.45) is -3.61. The number of nitrogens with one attached hydrogen (secondary N) is 3. The zero-order valence-corrected chi connectivity index (χ0v) is 24.9. The Bertz CT molecular complexity index is 1520. The molecule has 13 heteroatoms. The van der Waals surface area contributed by atoms with Gasteiger partial charge >= 0.3 is 6.18 Å². The van der Waals surface area contributed by atoms with Crippen molar-refractivity contribution >= 4 is 39.1 Å². The summed E-state index contributed by atoms with van der Waals surface area (Å²) in [4.78, 5) is 12.7. The van der Waals surface area contributed by atoms with E-state index in [1.54, 1.807) is 0 Å². The predicted molar refractivity (Wildman–Crippen MR) is 162 cm³/mol. The molecule has 0 aromatic heterocycles. The minimum atomic E-state index is -4.74. The summed E-state index contributed by atoms with van der Waals surface area (Å²) in [6.45, 7) is 4.02. The second-order valence-corrected chi connectivity index (χ2v) is 12.5. The average molecular weight is 661 g/mol. The van der Waals surface area contributed by atoms with Crippen LogP contribution in [0.3, 0.4) is 0 Å². The number of hydrogen-bond donors (Lipinski definition) is 3. The van der Waals surface area contributed by atoms with Crippen LogP contribution >= 0.6 is 23.2 Å². The Labute approximate surface area is 260 Å². The van der Waals surface area contributed by atoms with Crippen molar-refractivity contribution in [1.29, 1.82) is 0 Å². The van der Waals surface area contributed by atoms with Gasteiger partial charge in [-0.05, 0) is 66.6 Å². The molecule has 0 aliphatic carbocycles. The molecular weight excluding hydrogens is 626 g/mol. The van der Waals surface area contributed by atoms with Crippen LogP contribution in [-0.2, 0) is 27.5 Å². The van der Waals surface area contributed by atoms with Gasteiger partial charge < -0.3 is 15.4 Å². The molecule has 0 fully saturated rings. The van der Waals surface area contributed by atoms with Crippen LogP contribution in [0.1, 0.15) is 68.0 Å². The van der Waals surface area contributed by atoms with E-state index in [0.717, 1.165) is 42.3 Å². The molecule has 7 nitrogen and oxygen atoms in total. The van der Waals surface area contributed by atoms with E-state index in [-0.39, 0.29) is 35.5 Å². The highest BCUT2D eigenvalue weighted by atomic mass is 35.5. The van der Waals surface area contributed by atoms with Gasteiger partial charge in [-0.15, -0.1) is 0 Å². The number of hydrogen-bond acceptors (Lipinski definition) is 5. The van der Waals surface area contributed by atoms with E-state index >= 15 is 0 Å². The summed E-state index contributed by atoms with van der Waals surface area (Å²) in [5, 5.41) is 6.67. The molecule has 4 rings (SSSR count). The average Bonchev–Trinajstić information content (AvgIpc) is 2.92. The number of benzene rings is 3. The monoisotopic (exact) mass is 659 g/mol. The lowest BCUT2D eigenvalue weighted by molar-refractivity contribution is -0.137. The van der Waals surface area contributed by atoms with Gasteiger partial charge in [-0.2, -0.15) is 13.2 Å². The molecule has 1 unspecified atom stereocenters. The van der Waals surface area contributed by atoms with Crippen molar-refractivity contribution in [2.24, 2.45) is 0 Å². The molecule has 0 saturated heterocycles. The quantitative estimate of drug-likeness (QED) is 0.189. The first-order chi connectivity index (χ1) is 19.9. The highest BCUT2D eigenvalue weighted by molar-refractivity contribution is 7.89. The Morgan fingerprint density at radius 1 is 1.07 bits per heavy atom. The van der Waals surface area contributed by atoms with Gasteiger partial charge in [0.1, 0.15) is 5.75 Å². The minimum Gasteiger partial charge on any atom is -0.493 e. The van der Waals surface area contributed by atoms with Crippen LogP contribution in [0.15, 0.2) is 65.6 Å². The SMILES string of the molecule is C.CCCNCc1ccc2c(c1)OCC[C@H]2NC(=O)CC(NS(=O)(=O)c1cccc(C(F)(F)F)c1)c1cc(Cl)cc(Cl)c1. The molecule has 3 aromatic carbocycles. The number of halogens is 5. The molecule has 0 bridgehead atoms. The summed E-state index contributed by atoms with van der Waals surface area (Å²) < 4.78 is 74.4. The number of fused-ring (bicyclic) bond motifs is 1. The van der Waals surface area contributed by atoms with Gasteiger partial charge in [0.15, 0.2) is 0 Å². The standard InChI is InChI=1S/C29H30Cl2F3N3O4S.CH4/c1-2-9-35-17-18-6-7-24-25(8-10-41-27(24)11-18)36-28(38)16-26(19-12-21(30)15-22(31)13-19)37-42(39,40)23-5-3-4-20(14-23)29(32,33)34;/h3-7,11-15,25-26,35,37H,2,8-10,16-17H2,1H3,(H,36,38);1H4/t25-,26?;/m1./s1. The summed E-state index contributed by atoms with van der Waals surface area (Å²) in [7, 11) is -4.50. The molecule has 234 valence electrons. The van der Waals surface area contributed by atoms with Crippen molar-refractivity contribution in [3.05, 3.63) is 93.0 Å². The third kappa shape index (κ3) is 9.33. The molecule has 1 aliphatic heterocycles. The third-order valence-corrected chi connectivity index (χ3v) is 8.56. The number of rotatable bonds is 11. The van der Waals surface area contributed by atoms with E-state index in [2.05, 4.69) is 22.3 Å². The smallest absolute Gasteiger partial charge is 0.416 e. The van der Waals surface area contributed by atoms with Crippen LogP contribution in [0.4, 0.5) is 13.2 Å². The largest absolute Gasteiger partial charge is 0.493 e. The predicted octanol–water partition coefficient (Wildman–Crippen LogP) is 7.20. The molecule has 0 radical (unpaired) electrons. The zero-order valence-electron chi connectivity index (χ0n) is 22.6. The highest BCUT2D eigenvalue weighted by Crippen LogP contribution is 2.34. The Kier molecular flexibility index (Phi) is 11.9. The van der Waals surface area contributed by atoms with E-state index in [9.17, 15) is 26.4 Å². The molecule has 43 heavy (non-hydrogen) atoms. The molecule has 1 aliphatic rings. The number of carbonyl (C=O) groups is 1. The van der Waals surface area contributed by atoms with Crippen molar-refractivity contribution in [1.82, 2.24) is 15.4 Å². The Morgan fingerprint density at radius 2 is 1.79 bits per heavy atom. The van der Waals surface area contributed by atoms with E-state index in [0.29, 0.717) is 31.4 Å². The second-order valence-electron chi connectivity index (χ2n) is 9.91. The zero-order chi connectivity index (χ0) is 30.5. The lowest BCUT2D eigenvalue weighted by atomic mass is 9.98. The first kappa shape index (κ1) is 34.7. The van der Waals surface area contributed by atoms with Gasteiger partial charge in [0.25, 0.3) is 0 Å². The fourth-order valence-corrected chi connectivity index (χ4v) is 6.45. The first-order valence-electron chi connectivity index (χ1n) is 13.3. The first-order valence-corrected chi connectivity index (χ1v) is 15.5. The van der Waals surface area contributed by atoms with Gasteiger partial charge in [-0.1, -0.05) is 55.8 Å². The summed E-state index contributed by atoms with van der Waals surface area (Å²) in [5.41, 5.74) is 0.986. The highest BCUT2D eigenvalue weighted by Gasteiger charge is 2.33. The fourth-order valence-electron chi connectivity index (χ4n) is 4.64. The van der Waals surface area contributed by atoms with Gasteiger partial charge in [-0.3, -0.25) is 4.79 Å². The molecule has 1 amide bonds. The second kappa shape index (κ2) is 14.8. The van der Waals surface area contributed by atoms with Crippen LogP contribution < -0.4 is 20.1 Å². The van der Waals surface area contributed by atoms with Crippen LogP contribution in [0.2, 0.25) is 10.0 Å². The van der Waals surface area contributed by atoms with Crippen LogP contribution in [0.25, 0.3) is 0 Å².